The minimum absolute atomic E-state index is 0.0142. The first-order valence-corrected chi connectivity index (χ1v) is 4.92. The van der Waals surface area contributed by atoms with Crippen molar-refractivity contribution in [3.8, 4) is 0 Å². The van der Waals surface area contributed by atoms with Crippen LogP contribution in [0, 0.1) is 12.8 Å². The van der Waals surface area contributed by atoms with Crippen molar-refractivity contribution >= 4 is 5.97 Å². The molecule has 0 bridgehead atoms. The van der Waals surface area contributed by atoms with Crippen molar-refractivity contribution in [3.05, 3.63) is 45.8 Å². The number of aliphatic carboxylic acids is 1. The molecule has 1 rings (SSSR count). The van der Waals surface area contributed by atoms with E-state index >= 15 is 0 Å². The Morgan fingerprint density at radius 3 is 2.62 bits per heavy atom. The first-order valence-electron chi connectivity index (χ1n) is 4.92. The molecule has 1 N–H and O–H groups in total. The van der Waals surface area contributed by atoms with Crippen molar-refractivity contribution in [1.29, 1.82) is 0 Å². The number of hydrogen-bond acceptors (Lipinski definition) is 2. The van der Waals surface area contributed by atoms with E-state index in [-0.39, 0.29) is 6.54 Å². The van der Waals surface area contributed by atoms with Crippen LogP contribution >= 0.6 is 0 Å². The van der Waals surface area contributed by atoms with Gasteiger partial charge in [0, 0.05) is 11.5 Å². The molecule has 0 radical (unpaired) electrons. The molecular formula is C11H13N3O2. The van der Waals surface area contributed by atoms with Gasteiger partial charge in [0.05, 0.1) is 5.92 Å². The Kier molecular flexibility index (Phi) is 4.36. The third-order valence-electron chi connectivity index (χ3n) is 2.32. The molecular weight excluding hydrogens is 206 g/mol. The maximum atomic E-state index is 10.9. The normalized spacial score (nSPS) is 11.6. The Hall–Kier alpha value is -2.00. The van der Waals surface area contributed by atoms with Gasteiger partial charge in [-0.25, -0.2) is 0 Å². The number of rotatable bonds is 5. The highest BCUT2D eigenvalue weighted by Gasteiger charge is 2.16. The third-order valence-corrected chi connectivity index (χ3v) is 2.32. The molecule has 0 saturated heterocycles. The molecule has 0 unspecified atom stereocenters. The highest BCUT2D eigenvalue weighted by atomic mass is 16.4. The van der Waals surface area contributed by atoms with Crippen LogP contribution < -0.4 is 0 Å². The largest absolute Gasteiger partial charge is 0.481 e. The highest BCUT2D eigenvalue weighted by Crippen LogP contribution is 2.11. The summed E-state index contributed by atoms with van der Waals surface area (Å²) in [5.41, 5.74) is 10.2. The van der Waals surface area contributed by atoms with Gasteiger partial charge in [-0.05, 0) is 24.4 Å². The van der Waals surface area contributed by atoms with E-state index < -0.39 is 11.9 Å². The number of nitrogens with zero attached hydrogens (tertiary/aromatic N) is 3. The SMILES string of the molecule is Cc1ccc(C[C@H](CN=[N+]=[N-])C(=O)O)cc1. The monoisotopic (exact) mass is 219 g/mol. The van der Waals surface area contributed by atoms with Crippen LogP contribution in [0.4, 0.5) is 0 Å². The topological polar surface area (TPSA) is 86.1 Å². The predicted octanol–water partition coefficient (Wildman–Crippen LogP) is 2.55. The Balaban J connectivity index is 2.71. The van der Waals surface area contributed by atoms with Crippen LogP contribution in [-0.4, -0.2) is 17.6 Å². The zero-order valence-corrected chi connectivity index (χ0v) is 9.00. The highest BCUT2D eigenvalue weighted by molar-refractivity contribution is 5.70. The summed E-state index contributed by atoms with van der Waals surface area (Å²) in [6, 6.07) is 7.65. The Morgan fingerprint density at radius 1 is 1.50 bits per heavy atom. The van der Waals surface area contributed by atoms with Crippen molar-refractivity contribution in [1.82, 2.24) is 0 Å². The third kappa shape index (κ3) is 3.63. The molecule has 1 aromatic carbocycles. The summed E-state index contributed by atoms with van der Waals surface area (Å²) in [4.78, 5) is 13.5. The van der Waals surface area contributed by atoms with Crippen molar-refractivity contribution in [2.75, 3.05) is 6.54 Å². The lowest BCUT2D eigenvalue weighted by Gasteiger charge is -2.09. The second kappa shape index (κ2) is 5.78. The standard InChI is InChI=1S/C11H13N3O2/c1-8-2-4-9(5-3-8)6-10(11(15)16)7-13-14-12/h2-5,10H,6-7H2,1H3,(H,15,16)/t10-/m1/s1. The first kappa shape index (κ1) is 12.1. The van der Waals surface area contributed by atoms with E-state index in [1.54, 1.807) is 0 Å². The van der Waals surface area contributed by atoms with Crippen LogP contribution in [-0.2, 0) is 11.2 Å². The van der Waals surface area contributed by atoms with Gasteiger partial charge in [0.2, 0.25) is 0 Å². The molecule has 5 nitrogen and oxygen atoms in total. The average Bonchev–Trinajstić information content (AvgIpc) is 2.26. The van der Waals surface area contributed by atoms with Gasteiger partial charge in [-0.1, -0.05) is 34.9 Å². The summed E-state index contributed by atoms with van der Waals surface area (Å²) in [6.07, 6.45) is 0.384. The molecule has 0 aliphatic carbocycles. The van der Waals surface area contributed by atoms with Crippen LogP contribution in [0.25, 0.3) is 10.4 Å². The second-order valence-corrected chi connectivity index (χ2v) is 3.64. The molecule has 5 heteroatoms. The van der Waals surface area contributed by atoms with Gasteiger partial charge in [0.15, 0.2) is 0 Å². The Morgan fingerprint density at radius 2 is 2.12 bits per heavy atom. The van der Waals surface area contributed by atoms with Gasteiger partial charge in [-0.15, -0.1) is 0 Å². The predicted molar refractivity (Wildman–Crippen MR) is 60.0 cm³/mol. The molecule has 0 spiro atoms. The van der Waals surface area contributed by atoms with Crippen LogP contribution in [0.2, 0.25) is 0 Å². The number of azide groups is 1. The van der Waals surface area contributed by atoms with E-state index in [0.29, 0.717) is 6.42 Å². The number of carbonyl (C=O) groups is 1. The zero-order valence-electron chi connectivity index (χ0n) is 9.00. The fourth-order valence-corrected chi connectivity index (χ4v) is 1.37. The van der Waals surface area contributed by atoms with Crippen molar-refractivity contribution < 1.29 is 9.90 Å². The van der Waals surface area contributed by atoms with E-state index in [9.17, 15) is 4.79 Å². The quantitative estimate of drug-likeness (QED) is 0.468. The molecule has 84 valence electrons. The molecule has 0 aromatic heterocycles. The molecule has 1 atom stereocenters. The lowest BCUT2D eigenvalue weighted by Crippen LogP contribution is -2.19. The maximum absolute atomic E-state index is 10.9. The minimum atomic E-state index is -0.937. The van der Waals surface area contributed by atoms with Gasteiger partial charge < -0.3 is 5.11 Å². The van der Waals surface area contributed by atoms with E-state index in [0.717, 1.165) is 11.1 Å². The van der Waals surface area contributed by atoms with Gasteiger partial charge in [-0.3, -0.25) is 4.79 Å². The lowest BCUT2D eigenvalue weighted by atomic mass is 9.99. The van der Waals surface area contributed by atoms with E-state index in [1.807, 2.05) is 31.2 Å². The molecule has 0 heterocycles. The summed E-state index contributed by atoms with van der Waals surface area (Å²) in [6.45, 7) is 1.96. The zero-order chi connectivity index (χ0) is 12.0. The number of benzene rings is 1. The summed E-state index contributed by atoms with van der Waals surface area (Å²) in [5, 5.41) is 12.2. The van der Waals surface area contributed by atoms with Crippen molar-refractivity contribution in [2.24, 2.45) is 11.0 Å². The molecule has 0 amide bonds. The molecule has 0 saturated carbocycles. The Labute approximate surface area is 93.3 Å². The van der Waals surface area contributed by atoms with E-state index in [2.05, 4.69) is 10.0 Å². The van der Waals surface area contributed by atoms with Crippen LogP contribution in [0.5, 0.6) is 0 Å². The first-order chi connectivity index (χ1) is 7.63. The number of aryl methyl sites for hydroxylation is 1. The number of hydrogen-bond donors (Lipinski definition) is 1. The number of carboxylic acid groups (broad SMARTS) is 1. The van der Waals surface area contributed by atoms with Gasteiger partial charge in [-0.2, -0.15) is 0 Å². The van der Waals surface area contributed by atoms with Crippen LogP contribution in [0.1, 0.15) is 11.1 Å². The van der Waals surface area contributed by atoms with E-state index in [4.69, 9.17) is 10.6 Å². The number of carboxylic acids is 1. The van der Waals surface area contributed by atoms with Gasteiger partial charge in [0.1, 0.15) is 0 Å². The summed E-state index contributed by atoms with van der Waals surface area (Å²) >= 11 is 0. The smallest absolute Gasteiger partial charge is 0.306 e. The summed E-state index contributed by atoms with van der Waals surface area (Å²) in [5.74, 6) is -1.59. The summed E-state index contributed by atoms with van der Waals surface area (Å²) in [7, 11) is 0. The minimum Gasteiger partial charge on any atom is -0.481 e. The summed E-state index contributed by atoms with van der Waals surface area (Å²) < 4.78 is 0. The van der Waals surface area contributed by atoms with Crippen molar-refractivity contribution in [3.63, 3.8) is 0 Å². The fourth-order valence-electron chi connectivity index (χ4n) is 1.37. The lowest BCUT2D eigenvalue weighted by molar-refractivity contribution is -0.141. The molecule has 1 aromatic rings. The van der Waals surface area contributed by atoms with Crippen molar-refractivity contribution in [2.45, 2.75) is 13.3 Å². The van der Waals surface area contributed by atoms with E-state index in [1.165, 1.54) is 0 Å². The molecule has 16 heavy (non-hydrogen) atoms. The molecule has 0 aliphatic rings. The average molecular weight is 219 g/mol. The molecule has 0 fully saturated rings. The second-order valence-electron chi connectivity index (χ2n) is 3.64. The Bertz CT molecular complexity index is 408. The van der Waals surface area contributed by atoms with Crippen LogP contribution in [0.15, 0.2) is 29.4 Å². The maximum Gasteiger partial charge on any atom is 0.306 e. The van der Waals surface area contributed by atoms with Gasteiger partial charge >= 0.3 is 5.97 Å². The van der Waals surface area contributed by atoms with Crippen LogP contribution in [0.3, 0.4) is 0 Å². The fraction of sp³-hybridized carbons (Fsp3) is 0.364. The molecule has 0 aliphatic heterocycles. The van der Waals surface area contributed by atoms with Gasteiger partial charge in [0.25, 0.3) is 0 Å².